The van der Waals surface area contributed by atoms with Gasteiger partial charge in [0.1, 0.15) is 6.17 Å². The van der Waals surface area contributed by atoms with Crippen LogP contribution in [0.3, 0.4) is 0 Å². The highest BCUT2D eigenvalue weighted by atomic mass is 35.5. The van der Waals surface area contributed by atoms with E-state index in [4.69, 9.17) is 11.6 Å². The Balaban J connectivity index is 1.26. The summed E-state index contributed by atoms with van der Waals surface area (Å²) in [6.45, 7) is 0. The van der Waals surface area contributed by atoms with Gasteiger partial charge in [-0.25, -0.2) is 0 Å². The second kappa shape index (κ2) is 10.9. The van der Waals surface area contributed by atoms with Crippen LogP contribution in [-0.4, -0.2) is 43.1 Å². The van der Waals surface area contributed by atoms with Crippen molar-refractivity contribution in [2.45, 2.75) is 6.17 Å². The first kappa shape index (κ1) is 25.2. The number of nitrogens with zero attached hydrogens (tertiary/aromatic N) is 3. The first-order valence-electron chi connectivity index (χ1n) is 12.2. The van der Waals surface area contributed by atoms with Crippen LogP contribution in [0, 0.1) is 0 Å². The summed E-state index contributed by atoms with van der Waals surface area (Å²) in [6, 6.07) is 23.2. The zero-order valence-electron chi connectivity index (χ0n) is 21.4. The Hall–Kier alpha value is -4.49. The number of halogens is 1. The van der Waals surface area contributed by atoms with Crippen molar-refractivity contribution in [2.75, 3.05) is 42.0 Å². The van der Waals surface area contributed by atoms with Gasteiger partial charge in [0.2, 0.25) is 0 Å². The topological polar surface area (TPSA) is 72.5 Å². The van der Waals surface area contributed by atoms with E-state index >= 15 is 0 Å². The summed E-state index contributed by atoms with van der Waals surface area (Å²) < 4.78 is 0. The molecule has 1 aromatic heterocycles. The average molecular weight is 525 g/mol. The lowest BCUT2D eigenvalue weighted by Gasteiger charge is -2.28. The fourth-order valence-electron chi connectivity index (χ4n) is 4.19. The minimum absolute atomic E-state index is 0.0992. The maximum atomic E-state index is 13.0. The summed E-state index contributed by atoms with van der Waals surface area (Å²) in [6.07, 6.45) is 7.36. The highest BCUT2D eigenvalue weighted by Gasteiger charge is 2.14. The van der Waals surface area contributed by atoms with E-state index in [1.54, 1.807) is 12.3 Å². The fraction of sp³-hybridized carbons (Fsp3) is 0.133. The molecule has 1 atom stereocenters. The molecular formula is C30H29ClN6O. The van der Waals surface area contributed by atoms with Gasteiger partial charge in [0, 0.05) is 78.0 Å². The number of benzene rings is 3. The van der Waals surface area contributed by atoms with E-state index in [9.17, 15) is 4.79 Å². The molecular weight excluding hydrogens is 496 g/mol. The summed E-state index contributed by atoms with van der Waals surface area (Å²) in [4.78, 5) is 21.5. The van der Waals surface area contributed by atoms with Gasteiger partial charge in [-0.15, -0.1) is 0 Å². The van der Waals surface area contributed by atoms with Gasteiger partial charge >= 0.3 is 0 Å². The normalized spacial score (nSPS) is 14.7. The number of hydrogen-bond acceptors (Lipinski definition) is 6. The predicted octanol–water partition coefficient (Wildman–Crippen LogP) is 6.62. The molecule has 0 spiro atoms. The van der Waals surface area contributed by atoms with Crippen molar-refractivity contribution in [1.29, 1.82) is 0 Å². The molecule has 192 valence electrons. The molecule has 3 aromatic carbocycles. The van der Waals surface area contributed by atoms with E-state index < -0.39 is 0 Å². The minimum atomic E-state index is -0.184. The van der Waals surface area contributed by atoms with Crippen LogP contribution in [0.1, 0.15) is 10.4 Å². The van der Waals surface area contributed by atoms with Gasteiger partial charge in [0.05, 0.1) is 5.52 Å². The van der Waals surface area contributed by atoms with E-state index in [1.165, 1.54) is 0 Å². The van der Waals surface area contributed by atoms with Crippen molar-refractivity contribution < 1.29 is 4.79 Å². The number of likely N-dealkylation sites (N-methyl/N-ethyl adjacent to an activating group) is 1. The number of allylic oxidation sites excluding steroid dienone is 2. The first-order chi connectivity index (χ1) is 18.4. The van der Waals surface area contributed by atoms with Crippen LogP contribution >= 0.6 is 11.6 Å². The van der Waals surface area contributed by atoms with Gasteiger partial charge in [-0.1, -0.05) is 17.7 Å². The van der Waals surface area contributed by atoms with Crippen LogP contribution in [0.4, 0.5) is 28.4 Å². The maximum absolute atomic E-state index is 13.0. The molecule has 0 bridgehead atoms. The van der Waals surface area contributed by atoms with Crippen LogP contribution in [0.25, 0.3) is 10.9 Å². The van der Waals surface area contributed by atoms with Gasteiger partial charge in [-0.2, -0.15) is 0 Å². The molecule has 3 N–H and O–H groups in total. The largest absolute Gasteiger partial charge is 0.378 e. The lowest BCUT2D eigenvalue weighted by molar-refractivity contribution is 0.102. The number of fused-ring (bicyclic) bond motifs is 1. The summed E-state index contributed by atoms with van der Waals surface area (Å²) in [5.41, 5.74) is 6.00. The van der Waals surface area contributed by atoms with Crippen LogP contribution in [-0.2, 0) is 0 Å². The molecule has 2 heterocycles. The Bertz CT molecular complexity index is 1530. The highest BCUT2D eigenvalue weighted by Crippen LogP contribution is 2.29. The number of amides is 1. The van der Waals surface area contributed by atoms with E-state index in [0.717, 1.165) is 33.7 Å². The molecule has 4 aromatic rings. The summed E-state index contributed by atoms with van der Waals surface area (Å²) >= 11 is 6.15. The summed E-state index contributed by atoms with van der Waals surface area (Å²) in [7, 11) is 6.00. The Kier molecular flexibility index (Phi) is 7.20. The van der Waals surface area contributed by atoms with Gasteiger partial charge < -0.3 is 25.8 Å². The quantitative estimate of drug-likeness (QED) is 0.252. The van der Waals surface area contributed by atoms with Gasteiger partial charge in [0.15, 0.2) is 0 Å². The van der Waals surface area contributed by atoms with Gasteiger partial charge in [-0.3, -0.25) is 9.78 Å². The maximum Gasteiger partial charge on any atom is 0.255 e. The average Bonchev–Trinajstić information content (AvgIpc) is 2.92. The summed E-state index contributed by atoms with van der Waals surface area (Å²) in [5.74, 6) is -0.184. The molecule has 38 heavy (non-hydrogen) atoms. The molecule has 0 aliphatic carbocycles. The third-order valence-electron chi connectivity index (χ3n) is 6.33. The lowest BCUT2D eigenvalue weighted by Crippen LogP contribution is -2.34. The van der Waals surface area contributed by atoms with Crippen molar-refractivity contribution in [2.24, 2.45) is 0 Å². The molecule has 0 radical (unpaired) electrons. The molecule has 0 saturated carbocycles. The van der Waals surface area contributed by atoms with E-state index in [0.29, 0.717) is 16.3 Å². The van der Waals surface area contributed by atoms with E-state index in [-0.39, 0.29) is 12.1 Å². The van der Waals surface area contributed by atoms with Crippen molar-refractivity contribution in [1.82, 2.24) is 9.88 Å². The molecule has 0 saturated heterocycles. The minimum Gasteiger partial charge on any atom is -0.378 e. The Morgan fingerprint density at radius 2 is 1.76 bits per heavy atom. The monoisotopic (exact) mass is 524 g/mol. The second-order valence-electron chi connectivity index (χ2n) is 9.31. The van der Waals surface area contributed by atoms with Crippen molar-refractivity contribution in [3.63, 3.8) is 0 Å². The van der Waals surface area contributed by atoms with Crippen molar-refractivity contribution in [3.8, 4) is 0 Å². The molecule has 1 unspecified atom stereocenters. The lowest BCUT2D eigenvalue weighted by atomic mass is 10.1. The van der Waals surface area contributed by atoms with Crippen molar-refractivity contribution in [3.05, 3.63) is 108 Å². The molecule has 7 nitrogen and oxygen atoms in total. The Morgan fingerprint density at radius 3 is 2.55 bits per heavy atom. The van der Waals surface area contributed by atoms with Crippen LogP contribution in [0.2, 0.25) is 0 Å². The fourth-order valence-corrected chi connectivity index (χ4v) is 4.36. The third-order valence-corrected chi connectivity index (χ3v) is 6.58. The van der Waals surface area contributed by atoms with Crippen LogP contribution < -0.4 is 20.9 Å². The second-order valence-corrected chi connectivity index (χ2v) is 9.75. The summed E-state index contributed by atoms with van der Waals surface area (Å²) in [5, 5.41) is 11.6. The third kappa shape index (κ3) is 5.74. The number of carbonyl (C=O) groups is 1. The van der Waals surface area contributed by atoms with Gasteiger partial charge in [-0.05, 0) is 78.9 Å². The standard InChI is InChI=1S/C30H29ClN6O/c1-36(2)25-11-12-27-26(19-25)28(13-15-32-27)33-22-7-9-23(10-8-22)35-30(38)20-5-4-6-24(17-20)34-29-18-21(31)14-16-37(29)3/h4-19,29,34H,1-3H3,(H,32,33)(H,35,38). The Morgan fingerprint density at radius 1 is 0.974 bits per heavy atom. The van der Waals surface area contributed by atoms with Gasteiger partial charge in [0.25, 0.3) is 5.91 Å². The predicted molar refractivity (Wildman–Crippen MR) is 158 cm³/mol. The number of carbonyl (C=O) groups excluding carboxylic acids is 1. The molecule has 0 fully saturated rings. The number of anilines is 5. The number of rotatable bonds is 7. The van der Waals surface area contributed by atoms with E-state index in [1.807, 2.05) is 99.0 Å². The Labute approximate surface area is 227 Å². The highest BCUT2D eigenvalue weighted by molar-refractivity contribution is 6.31. The SMILES string of the molecule is CN(C)c1ccc2nccc(Nc3ccc(NC(=O)c4cccc(NC5C=C(Cl)C=CN5C)c4)cc3)c2c1. The number of aromatic nitrogens is 1. The first-order valence-corrected chi connectivity index (χ1v) is 12.6. The number of hydrogen-bond donors (Lipinski definition) is 3. The molecule has 8 heteroatoms. The van der Waals surface area contributed by atoms with E-state index in [2.05, 4.69) is 38.0 Å². The number of nitrogens with one attached hydrogen (secondary N) is 3. The van der Waals surface area contributed by atoms with Crippen LogP contribution in [0.5, 0.6) is 0 Å². The zero-order valence-corrected chi connectivity index (χ0v) is 22.2. The van der Waals surface area contributed by atoms with Crippen LogP contribution in [0.15, 0.2) is 102 Å². The van der Waals surface area contributed by atoms with Crippen molar-refractivity contribution >= 4 is 56.8 Å². The zero-order chi connectivity index (χ0) is 26.6. The smallest absolute Gasteiger partial charge is 0.255 e. The molecule has 1 amide bonds. The molecule has 1 aliphatic rings. The molecule has 5 rings (SSSR count). The number of pyridine rings is 1. The molecule has 1 aliphatic heterocycles.